The molecule has 0 aromatic heterocycles. The van der Waals surface area contributed by atoms with Crippen molar-refractivity contribution in [3.63, 3.8) is 0 Å². The number of hydrogen-bond acceptors (Lipinski definition) is 4. The molecule has 5 heteroatoms. The minimum absolute atomic E-state index is 0.250. The van der Waals surface area contributed by atoms with Crippen molar-refractivity contribution >= 4 is 11.6 Å². The van der Waals surface area contributed by atoms with Gasteiger partial charge in [0.15, 0.2) is 0 Å². The van der Waals surface area contributed by atoms with Gasteiger partial charge in [0.1, 0.15) is 18.5 Å². The molecule has 1 aromatic carbocycles. The summed E-state index contributed by atoms with van der Waals surface area (Å²) in [6, 6.07) is 7.15. The molecule has 0 aliphatic heterocycles. The molecule has 2 N–H and O–H groups in total. The summed E-state index contributed by atoms with van der Waals surface area (Å²) in [5, 5.41) is 13.6. The van der Waals surface area contributed by atoms with Gasteiger partial charge >= 0.3 is 0 Å². The maximum Gasteiger partial charge on any atom is 0.120 e. The first kappa shape index (κ1) is 17.2. The maximum atomic E-state index is 9.77. The highest BCUT2D eigenvalue weighted by Crippen LogP contribution is 2.17. The van der Waals surface area contributed by atoms with Crippen LogP contribution in [0.2, 0.25) is 5.02 Å². The van der Waals surface area contributed by atoms with Crippen LogP contribution in [0.1, 0.15) is 19.8 Å². The van der Waals surface area contributed by atoms with E-state index >= 15 is 0 Å². The minimum Gasteiger partial charge on any atom is -0.491 e. The summed E-state index contributed by atoms with van der Waals surface area (Å²) < 4.78 is 10.8. The first-order valence-electron chi connectivity index (χ1n) is 7.07. The molecule has 0 bridgehead atoms. The SMILES string of the molecule is CCCOCCCNCC(O)COc1cccc(Cl)c1. The third-order valence-corrected chi connectivity index (χ3v) is 2.84. The molecule has 0 heterocycles. The summed E-state index contributed by atoms with van der Waals surface area (Å²) in [6.07, 6.45) is 1.46. The van der Waals surface area contributed by atoms with Gasteiger partial charge < -0.3 is 19.9 Å². The molecular formula is C15H24ClNO3. The molecule has 4 nitrogen and oxygen atoms in total. The number of nitrogens with one attached hydrogen (secondary N) is 1. The van der Waals surface area contributed by atoms with E-state index in [2.05, 4.69) is 12.2 Å². The fourth-order valence-corrected chi connectivity index (χ4v) is 1.80. The number of aliphatic hydroxyl groups is 1. The zero-order valence-corrected chi connectivity index (χ0v) is 12.7. The molecule has 0 aliphatic rings. The third kappa shape index (κ3) is 8.38. The Balaban J connectivity index is 2.01. The Labute approximate surface area is 126 Å². The smallest absolute Gasteiger partial charge is 0.120 e. The van der Waals surface area contributed by atoms with Gasteiger partial charge in [-0.2, -0.15) is 0 Å². The topological polar surface area (TPSA) is 50.7 Å². The fraction of sp³-hybridized carbons (Fsp3) is 0.600. The molecule has 0 amide bonds. The highest BCUT2D eigenvalue weighted by atomic mass is 35.5. The molecule has 0 aliphatic carbocycles. The van der Waals surface area contributed by atoms with Gasteiger partial charge in [0.25, 0.3) is 0 Å². The van der Waals surface area contributed by atoms with E-state index in [-0.39, 0.29) is 6.61 Å². The molecule has 0 spiro atoms. The summed E-state index contributed by atoms with van der Waals surface area (Å²) in [4.78, 5) is 0. The van der Waals surface area contributed by atoms with Gasteiger partial charge in [0, 0.05) is 24.8 Å². The lowest BCUT2D eigenvalue weighted by molar-refractivity contribution is 0.103. The van der Waals surface area contributed by atoms with Crippen molar-refractivity contribution in [2.75, 3.05) is 32.9 Å². The first-order chi connectivity index (χ1) is 9.72. The molecule has 114 valence electrons. The molecule has 1 aromatic rings. The predicted molar refractivity (Wildman–Crippen MR) is 81.6 cm³/mol. The monoisotopic (exact) mass is 301 g/mol. The Bertz CT molecular complexity index is 363. The second-order valence-corrected chi connectivity index (χ2v) is 5.03. The summed E-state index contributed by atoms with van der Waals surface area (Å²) in [5.41, 5.74) is 0. The van der Waals surface area contributed by atoms with E-state index in [0.717, 1.165) is 32.6 Å². The maximum absolute atomic E-state index is 9.77. The average molecular weight is 302 g/mol. The van der Waals surface area contributed by atoms with Crippen LogP contribution in [0.15, 0.2) is 24.3 Å². The van der Waals surface area contributed by atoms with Gasteiger partial charge in [-0.15, -0.1) is 0 Å². The van der Waals surface area contributed by atoms with Gasteiger partial charge in [0.2, 0.25) is 0 Å². The van der Waals surface area contributed by atoms with E-state index in [9.17, 15) is 5.11 Å². The standard InChI is InChI=1S/C15H24ClNO3/c1-2-8-19-9-4-7-17-11-14(18)12-20-15-6-3-5-13(16)10-15/h3,5-6,10,14,17-18H,2,4,7-9,11-12H2,1H3. The number of benzene rings is 1. The van der Waals surface area contributed by atoms with Gasteiger partial charge in [-0.05, 0) is 37.6 Å². The van der Waals surface area contributed by atoms with Crippen molar-refractivity contribution in [1.82, 2.24) is 5.32 Å². The molecule has 20 heavy (non-hydrogen) atoms. The van der Waals surface area contributed by atoms with Crippen LogP contribution in [0.4, 0.5) is 0 Å². The summed E-state index contributed by atoms with van der Waals surface area (Å²) in [6.45, 7) is 5.26. The lowest BCUT2D eigenvalue weighted by Crippen LogP contribution is -2.32. The third-order valence-electron chi connectivity index (χ3n) is 2.61. The molecule has 0 fully saturated rings. The zero-order valence-electron chi connectivity index (χ0n) is 12.0. The summed E-state index contributed by atoms with van der Waals surface area (Å²) >= 11 is 5.85. The quantitative estimate of drug-likeness (QED) is 0.617. The Morgan fingerprint density at radius 2 is 2.20 bits per heavy atom. The van der Waals surface area contributed by atoms with Gasteiger partial charge in [-0.3, -0.25) is 0 Å². The van der Waals surface area contributed by atoms with E-state index in [4.69, 9.17) is 21.1 Å². The average Bonchev–Trinajstić information content (AvgIpc) is 2.44. The summed E-state index contributed by atoms with van der Waals surface area (Å²) in [5.74, 6) is 0.671. The van der Waals surface area contributed by atoms with Crippen molar-refractivity contribution in [1.29, 1.82) is 0 Å². The van der Waals surface area contributed by atoms with Crippen LogP contribution < -0.4 is 10.1 Å². The summed E-state index contributed by atoms with van der Waals surface area (Å²) in [7, 11) is 0. The first-order valence-corrected chi connectivity index (χ1v) is 7.45. The largest absolute Gasteiger partial charge is 0.491 e. The van der Waals surface area contributed by atoms with Gasteiger partial charge in [-0.25, -0.2) is 0 Å². The van der Waals surface area contributed by atoms with E-state index in [1.807, 2.05) is 12.1 Å². The molecule has 1 atom stereocenters. The Hall–Kier alpha value is -0.810. The number of aliphatic hydroxyl groups excluding tert-OH is 1. The Kier molecular flexibility index (Phi) is 9.41. The van der Waals surface area contributed by atoms with E-state index < -0.39 is 6.10 Å². The molecule has 0 radical (unpaired) electrons. The van der Waals surface area contributed by atoms with Gasteiger partial charge in [0.05, 0.1) is 0 Å². The highest BCUT2D eigenvalue weighted by Gasteiger charge is 2.04. The van der Waals surface area contributed by atoms with Gasteiger partial charge in [-0.1, -0.05) is 24.6 Å². The Morgan fingerprint density at radius 3 is 2.95 bits per heavy atom. The van der Waals surface area contributed by atoms with Crippen LogP contribution in [0.25, 0.3) is 0 Å². The minimum atomic E-state index is -0.537. The van der Waals surface area contributed by atoms with Crippen molar-refractivity contribution in [2.24, 2.45) is 0 Å². The molecule has 0 saturated carbocycles. The lowest BCUT2D eigenvalue weighted by Gasteiger charge is -2.13. The number of rotatable bonds is 11. The Morgan fingerprint density at radius 1 is 1.35 bits per heavy atom. The molecular weight excluding hydrogens is 278 g/mol. The number of halogens is 1. The fourth-order valence-electron chi connectivity index (χ4n) is 1.62. The predicted octanol–water partition coefficient (Wildman–Crippen LogP) is 2.49. The van der Waals surface area contributed by atoms with Crippen LogP contribution >= 0.6 is 11.6 Å². The number of hydrogen-bond donors (Lipinski definition) is 2. The zero-order chi connectivity index (χ0) is 14.6. The van der Waals surface area contributed by atoms with Crippen LogP contribution in [0, 0.1) is 0 Å². The van der Waals surface area contributed by atoms with Crippen molar-refractivity contribution in [2.45, 2.75) is 25.9 Å². The van der Waals surface area contributed by atoms with Crippen molar-refractivity contribution in [3.8, 4) is 5.75 Å². The molecule has 1 unspecified atom stereocenters. The van der Waals surface area contributed by atoms with E-state index in [1.165, 1.54) is 0 Å². The lowest BCUT2D eigenvalue weighted by atomic mass is 10.3. The number of ether oxygens (including phenoxy) is 2. The van der Waals surface area contributed by atoms with Crippen molar-refractivity contribution < 1.29 is 14.6 Å². The second kappa shape index (κ2) is 10.9. The van der Waals surface area contributed by atoms with Crippen LogP contribution in [0.3, 0.4) is 0 Å². The van der Waals surface area contributed by atoms with Crippen LogP contribution in [-0.4, -0.2) is 44.1 Å². The highest BCUT2D eigenvalue weighted by molar-refractivity contribution is 6.30. The molecule has 1 rings (SSSR count). The van der Waals surface area contributed by atoms with Crippen LogP contribution in [0.5, 0.6) is 5.75 Å². The van der Waals surface area contributed by atoms with Crippen LogP contribution in [-0.2, 0) is 4.74 Å². The van der Waals surface area contributed by atoms with E-state index in [0.29, 0.717) is 17.3 Å². The second-order valence-electron chi connectivity index (χ2n) is 4.59. The molecule has 0 saturated heterocycles. The normalized spacial score (nSPS) is 12.3. The van der Waals surface area contributed by atoms with E-state index in [1.54, 1.807) is 12.1 Å². The van der Waals surface area contributed by atoms with Crippen molar-refractivity contribution in [3.05, 3.63) is 29.3 Å².